The number of benzene rings is 2. The molecule has 0 bridgehead atoms. The number of sulfone groups is 1. The molecule has 130 valence electrons. The van der Waals surface area contributed by atoms with E-state index in [1.54, 1.807) is 18.5 Å². The summed E-state index contributed by atoms with van der Waals surface area (Å²) in [6, 6.07) is 14.1. The zero-order valence-corrected chi connectivity index (χ0v) is 14.7. The predicted molar refractivity (Wildman–Crippen MR) is 96.2 cm³/mol. The molecule has 0 fully saturated rings. The van der Waals surface area contributed by atoms with Crippen LogP contribution in [-0.4, -0.2) is 36.7 Å². The van der Waals surface area contributed by atoms with Gasteiger partial charge in [-0.05, 0) is 30.7 Å². The fourth-order valence-electron chi connectivity index (χ4n) is 2.71. The van der Waals surface area contributed by atoms with Gasteiger partial charge in [0.15, 0.2) is 9.84 Å². The molecule has 1 N–H and O–H groups in total. The van der Waals surface area contributed by atoms with Crippen molar-refractivity contribution in [3.63, 3.8) is 0 Å². The molecule has 0 spiro atoms. The van der Waals surface area contributed by atoms with Crippen molar-refractivity contribution in [2.45, 2.75) is 17.9 Å². The number of fused-ring (bicyclic) bond motifs is 1. The first-order valence-corrected chi connectivity index (χ1v) is 9.83. The molecule has 1 aromatic heterocycles. The van der Waals surface area contributed by atoms with Gasteiger partial charge < -0.3 is 9.88 Å². The number of rotatable bonds is 6. The maximum Gasteiger partial charge on any atom is 0.252 e. The second kappa shape index (κ2) is 7.06. The maximum absolute atomic E-state index is 12.3. The smallest absolute Gasteiger partial charge is 0.252 e. The summed E-state index contributed by atoms with van der Waals surface area (Å²) < 4.78 is 25.6. The number of aryl methyl sites for hydroxylation is 1. The Morgan fingerprint density at radius 3 is 2.64 bits per heavy atom. The Morgan fingerprint density at radius 1 is 1.12 bits per heavy atom. The minimum absolute atomic E-state index is 0.0492. The zero-order valence-electron chi connectivity index (χ0n) is 13.8. The molecule has 0 saturated heterocycles. The maximum atomic E-state index is 12.3. The highest BCUT2D eigenvalue weighted by atomic mass is 32.2. The van der Waals surface area contributed by atoms with Crippen LogP contribution >= 0.6 is 0 Å². The van der Waals surface area contributed by atoms with Crippen molar-refractivity contribution >= 4 is 26.8 Å². The Labute approximate surface area is 146 Å². The van der Waals surface area contributed by atoms with E-state index < -0.39 is 9.84 Å². The van der Waals surface area contributed by atoms with Gasteiger partial charge in [0, 0.05) is 19.3 Å². The van der Waals surface area contributed by atoms with Crippen LogP contribution in [0.2, 0.25) is 0 Å². The van der Waals surface area contributed by atoms with Gasteiger partial charge in [-0.25, -0.2) is 13.4 Å². The number of para-hydroxylation sites is 2. The summed E-state index contributed by atoms with van der Waals surface area (Å²) in [5.74, 6) is -0.378. The molecule has 6 nitrogen and oxygen atoms in total. The molecule has 0 aliphatic carbocycles. The largest absolute Gasteiger partial charge is 0.352 e. The molecule has 0 aliphatic heterocycles. The number of amides is 1. The number of imidazole rings is 1. The van der Waals surface area contributed by atoms with E-state index in [9.17, 15) is 13.2 Å². The fourth-order valence-corrected chi connectivity index (χ4v) is 3.60. The van der Waals surface area contributed by atoms with Gasteiger partial charge in [-0.15, -0.1) is 0 Å². The van der Waals surface area contributed by atoms with Crippen LogP contribution in [0.4, 0.5) is 0 Å². The minimum atomic E-state index is -3.44. The van der Waals surface area contributed by atoms with E-state index in [4.69, 9.17) is 0 Å². The van der Waals surface area contributed by atoms with Crippen molar-refractivity contribution < 1.29 is 13.2 Å². The van der Waals surface area contributed by atoms with Crippen LogP contribution in [0, 0.1) is 0 Å². The molecule has 7 heteroatoms. The van der Waals surface area contributed by atoms with E-state index in [1.807, 2.05) is 28.8 Å². The summed E-state index contributed by atoms with van der Waals surface area (Å²) in [4.78, 5) is 16.7. The number of nitrogens with one attached hydrogen (secondary N) is 1. The summed E-state index contributed by atoms with van der Waals surface area (Å²) >= 11 is 0. The molecule has 1 amide bonds. The summed E-state index contributed by atoms with van der Waals surface area (Å²) in [6.45, 7) is 1.16. The van der Waals surface area contributed by atoms with Gasteiger partial charge in [-0.3, -0.25) is 4.79 Å². The Bertz CT molecular complexity index is 1010. The lowest BCUT2D eigenvalue weighted by atomic mass is 10.2. The lowest BCUT2D eigenvalue weighted by Gasteiger charge is -2.09. The second-order valence-corrected chi connectivity index (χ2v) is 7.79. The first kappa shape index (κ1) is 17.2. The number of carbonyl (C=O) groups is 1. The first-order valence-electron chi connectivity index (χ1n) is 7.94. The average Bonchev–Trinajstić information content (AvgIpc) is 3.01. The van der Waals surface area contributed by atoms with Crippen molar-refractivity contribution in [1.82, 2.24) is 14.9 Å². The number of nitrogens with zero attached hydrogens (tertiary/aromatic N) is 2. The Balaban J connectivity index is 1.61. The third kappa shape index (κ3) is 3.88. The molecular weight excluding hydrogens is 338 g/mol. The molecule has 3 aromatic rings. The quantitative estimate of drug-likeness (QED) is 0.686. The highest BCUT2D eigenvalue weighted by Gasteiger charge is 2.17. The van der Waals surface area contributed by atoms with Crippen molar-refractivity contribution in [2.75, 3.05) is 12.8 Å². The van der Waals surface area contributed by atoms with Gasteiger partial charge in [-0.2, -0.15) is 0 Å². The molecule has 0 unspecified atom stereocenters. The molecule has 25 heavy (non-hydrogen) atoms. The standard InChI is InChI=1S/C18H19N3O3S/c1-25(23,24)17-10-5-2-7-14(17)18(22)19-11-6-12-21-13-20-15-8-3-4-9-16(15)21/h2-5,7-10,13H,6,11-12H2,1H3,(H,19,22). The van der Waals surface area contributed by atoms with Gasteiger partial charge >= 0.3 is 0 Å². The van der Waals surface area contributed by atoms with Crippen LogP contribution in [0.25, 0.3) is 11.0 Å². The van der Waals surface area contributed by atoms with E-state index in [1.165, 1.54) is 12.1 Å². The van der Waals surface area contributed by atoms with Gasteiger partial charge in [0.05, 0.1) is 27.8 Å². The van der Waals surface area contributed by atoms with Crippen LogP contribution in [0.3, 0.4) is 0 Å². The lowest BCUT2D eigenvalue weighted by molar-refractivity contribution is 0.0949. The topological polar surface area (TPSA) is 81.1 Å². The van der Waals surface area contributed by atoms with Gasteiger partial charge in [-0.1, -0.05) is 24.3 Å². The Kier molecular flexibility index (Phi) is 4.85. The number of carbonyl (C=O) groups excluding carboxylic acids is 1. The van der Waals surface area contributed by atoms with Crippen LogP contribution in [-0.2, 0) is 16.4 Å². The lowest BCUT2D eigenvalue weighted by Crippen LogP contribution is -2.26. The molecule has 3 rings (SSSR count). The molecular formula is C18H19N3O3S. The average molecular weight is 357 g/mol. The van der Waals surface area contributed by atoms with E-state index in [-0.39, 0.29) is 16.4 Å². The molecule has 0 atom stereocenters. The summed E-state index contributed by atoms with van der Waals surface area (Å²) in [6.07, 6.45) is 3.60. The van der Waals surface area contributed by atoms with Crippen molar-refractivity contribution in [1.29, 1.82) is 0 Å². The van der Waals surface area contributed by atoms with Crippen molar-refractivity contribution in [3.8, 4) is 0 Å². The SMILES string of the molecule is CS(=O)(=O)c1ccccc1C(=O)NCCCn1cnc2ccccc21. The first-order chi connectivity index (χ1) is 12.0. The van der Waals surface area contributed by atoms with Crippen molar-refractivity contribution in [2.24, 2.45) is 0 Å². The molecule has 0 saturated carbocycles. The van der Waals surface area contributed by atoms with E-state index in [2.05, 4.69) is 10.3 Å². The van der Waals surface area contributed by atoms with Gasteiger partial charge in [0.25, 0.3) is 5.91 Å². The van der Waals surface area contributed by atoms with Crippen LogP contribution in [0.15, 0.2) is 59.8 Å². The number of aromatic nitrogens is 2. The Morgan fingerprint density at radius 2 is 1.84 bits per heavy atom. The highest BCUT2D eigenvalue weighted by molar-refractivity contribution is 7.90. The van der Waals surface area contributed by atoms with E-state index in [0.717, 1.165) is 17.3 Å². The van der Waals surface area contributed by atoms with E-state index in [0.29, 0.717) is 19.5 Å². The third-order valence-corrected chi connectivity index (χ3v) is 5.07. The molecule has 2 aromatic carbocycles. The molecule has 0 radical (unpaired) electrons. The molecule has 1 heterocycles. The number of hydrogen-bond donors (Lipinski definition) is 1. The number of hydrogen-bond acceptors (Lipinski definition) is 4. The fraction of sp³-hybridized carbons (Fsp3) is 0.222. The summed E-state index contributed by atoms with van der Waals surface area (Å²) in [7, 11) is -3.44. The third-order valence-electron chi connectivity index (χ3n) is 3.92. The van der Waals surface area contributed by atoms with Crippen molar-refractivity contribution in [3.05, 3.63) is 60.4 Å². The summed E-state index contributed by atoms with van der Waals surface area (Å²) in [5, 5.41) is 2.78. The van der Waals surface area contributed by atoms with Crippen LogP contribution in [0.5, 0.6) is 0 Å². The highest BCUT2D eigenvalue weighted by Crippen LogP contribution is 2.15. The normalized spacial score (nSPS) is 11.6. The van der Waals surface area contributed by atoms with Crippen LogP contribution in [0.1, 0.15) is 16.8 Å². The Hall–Kier alpha value is -2.67. The minimum Gasteiger partial charge on any atom is -0.352 e. The van der Waals surface area contributed by atoms with E-state index >= 15 is 0 Å². The molecule has 0 aliphatic rings. The second-order valence-electron chi connectivity index (χ2n) is 5.80. The monoisotopic (exact) mass is 357 g/mol. The van der Waals surface area contributed by atoms with Crippen LogP contribution < -0.4 is 5.32 Å². The van der Waals surface area contributed by atoms with Gasteiger partial charge in [0.2, 0.25) is 0 Å². The van der Waals surface area contributed by atoms with Gasteiger partial charge in [0.1, 0.15) is 0 Å². The summed E-state index contributed by atoms with van der Waals surface area (Å²) in [5.41, 5.74) is 2.17. The zero-order chi connectivity index (χ0) is 17.9. The predicted octanol–water partition coefficient (Wildman–Crippen LogP) is 2.26.